The zero-order valence-electron chi connectivity index (χ0n) is 17.7. The first-order chi connectivity index (χ1) is 15.3. The predicted octanol–water partition coefficient (Wildman–Crippen LogP) is 2.55. The highest BCUT2D eigenvalue weighted by Crippen LogP contribution is 2.40. The Bertz CT molecular complexity index is 1080. The molecular weight excluding hydrogens is 456 g/mol. The third-order valence-electron chi connectivity index (χ3n) is 5.95. The molecular formula is C22H25ClN2O6S. The number of halogens is 1. The topological polar surface area (TPSA) is 94.2 Å². The number of nitrogens with zero attached hydrogens (tertiary/aromatic N) is 1. The van der Waals surface area contributed by atoms with E-state index < -0.39 is 10.0 Å². The summed E-state index contributed by atoms with van der Waals surface area (Å²) in [7, 11) is -2.42. The van der Waals surface area contributed by atoms with Gasteiger partial charge in [0.2, 0.25) is 22.7 Å². The Morgan fingerprint density at radius 1 is 1.09 bits per heavy atom. The fourth-order valence-electron chi connectivity index (χ4n) is 3.95. The second-order valence-electron chi connectivity index (χ2n) is 7.95. The van der Waals surface area contributed by atoms with Crippen molar-refractivity contribution < 1.29 is 27.4 Å². The number of carbonyl (C=O) groups is 1. The maximum Gasteiger partial charge on any atom is 0.243 e. The Morgan fingerprint density at radius 2 is 1.78 bits per heavy atom. The Hall–Kier alpha value is -2.33. The molecule has 1 fully saturated rings. The summed E-state index contributed by atoms with van der Waals surface area (Å²) in [6.07, 6.45) is 1.46. The molecule has 0 spiro atoms. The van der Waals surface area contributed by atoms with Crippen LogP contribution in [0.15, 0.2) is 47.4 Å². The highest BCUT2D eigenvalue weighted by Gasteiger charge is 2.36. The van der Waals surface area contributed by atoms with Gasteiger partial charge in [0.1, 0.15) is 0 Å². The number of benzene rings is 2. The molecule has 2 aliphatic rings. The van der Waals surface area contributed by atoms with Crippen LogP contribution in [0.3, 0.4) is 0 Å². The fraction of sp³-hybridized carbons (Fsp3) is 0.409. The number of likely N-dealkylation sites (N-methyl/N-ethyl adjacent to an activating group) is 1. The number of sulfonamides is 1. The van der Waals surface area contributed by atoms with Gasteiger partial charge in [-0.3, -0.25) is 4.79 Å². The van der Waals surface area contributed by atoms with E-state index in [9.17, 15) is 13.2 Å². The molecule has 0 atom stereocenters. The lowest BCUT2D eigenvalue weighted by Crippen LogP contribution is -2.47. The quantitative estimate of drug-likeness (QED) is 0.654. The minimum atomic E-state index is -3.80. The molecule has 2 aliphatic heterocycles. The average Bonchev–Trinajstić information content (AvgIpc) is 3.26. The van der Waals surface area contributed by atoms with Crippen LogP contribution in [0.2, 0.25) is 5.02 Å². The SMILES string of the molecule is CN(CC(=O)NCC1(c2ccc3c(c2)OCO3)CCOCC1)S(=O)(=O)c1ccc(Cl)cc1. The lowest BCUT2D eigenvalue weighted by Gasteiger charge is -2.38. The van der Waals surface area contributed by atoms with Crippen molar-refractivity contribution in [3.05, 3.63) is 53.1 Å². The van der Waals surface area contributed by atoms with Crippen LogP contribution in [0.4, 0.5) is 0 Å². The molecule has 172 valence electrons. The van der Waals surface area contributed by atoms with Gasteiger partial charge in [0.25, 0.3) is 0 Å². The summed E-state index contributed by atoms with van der Waals surface area (Å²) in [5.41, 5.74) is 0.704. The second kappa shape index (κ2) is 9.27. The largest absolute Gasteiger partial charge is 0.454 e. The van der Waals surface area contributed by atoms with Gasteiger partial charge in [-0.05, 0) is 54.8 Å². The summed E-state index contributed by atoms with van der Waals surface area (Å²) in [6, 6.07) is 11.7. The molecule has 0 bridgehead atoms. The van der Waals surface area contributed by atoms with E-state index in [-0.39, 0.29) is 29.6 Å². The molecule has 1 saturated heterocycles. The number of ether oxygens (including phenoxy) is 3. The van der Waals surface area contributed by atoms with Gasteiger partial charge in [-0.2, -0.15) is 4.31 Å². The van der Waals surface area contributed by atoms with Crippen molar-refractivity contribution in [2.45, 2.75) is 23.2 Å². The monoisotopic (exact) mass is 480 g/mol. The van der Waals surface area contributed by atoms with Crippen LogP contribution in [0.5, 0.6) is 11.5 Å². The van der Waals surface area contributed by atoms with E-state index in [0.29, 0.717) is 36.3 Å². The van der Waals surface area contributed by atoms with Crippen molar-refractivity contribution in [1.29, 1.82) is 0 Å². The van der Waals surface area contributed by atoms with Gasteiger partial charge in [-0.1, -0.05) is 17.7 Å². The molecule has 10 heteroatoms. The molecule has 0 aromatic heterocycles. The Kier molecular flexibility index (Phi) is 6.62. The van der Waals surface area contributed by atoms with Crippen LogP contribution < -0.4 is 14.8 Å². The number of nitrogens with one attached hydrogen (secondary N) is 1. The van der Waals surface area contributed by atoms with Crippen LogP contribution in [-0.2, 0) is 25.0 Å². The number of rotatable bonds is 7. The molecule has 4 rings (SSSR count). The van der Waals surface area contributed by atoms with Gasteiger partial charge < -0.3 is 19.5 Å². The number of carbonyl (C=O) groups excluding carboxylic acids is 1. The first kappa shape index (κ1) is 22.8. The highest BCUT2D eigenvalue weighted by molar-refractivity contribution is 7.89. The van der Waals surface area contributed by atoms with Gasteiger partial charge in [0.15, 0.2) is 11.5 Å². The highest BCUT2D eigenvalue weighted by atomic mass is 35.5. The Morgan fingerprint density at radius 3 is 2.50 bits per heavy atom. The Balaban J connectivity index is 1.44. The summed E-state index contributed by atoms with van der Waals surface area (Å²) >= 11 is 5.84. The van der Waals surface area contributed by atoms with Gasteiger partial charge >= 0.3 is 0 Å². The predicted molar refractivity (Wildman–Crippen MR) is 119 cm³/mol. The molecule has 1 N–H and O–H groups in total. The lowest BCUT2D eigenvalue weighted by molar-refractivity contribution is -0.121. The van der Waals surface area contributed by atoms with E-state index in [1.165, 1.54) is 31.3 Å². The average molecular weight is 481 g/mol. The zero-order chi connectivity index (χ0) is 22.8. The smallest absolute Gasteiger partial charge is 0.243 e. The van der Waals surface area contributed by atoms with E-state index in [2.05, 4.69) is 5.32 Å². The van der Waals surface area contributed by atoms with Gasteiger partial charge in [-0.15, -0.1) is 0 Å². The van der Waals surface area contributed by atoms with Gasteiger partial charge in [0.05, 0.1) is 11.4 Å². The van der Waals surface area contributed by atoms with Crippen molar-refractivity contribution in [2.24, 2.45) is 0 Å². The molecule has 1 amide bonds. The molecule has 2 aromatic carbocycles. The summed E-state index contributed by atoms with van der Waals surface area (Å²) in [5.74, 6) is 1.01. The van der Waals surface area contributed by atoms with Crippen molar-refractivity contribution in [3.63, 3.8) is 0 Å². The molecule has 2 aromatic rings. The summed E-state index contributed by atoms with van der Waals surface area (Å²) in [4.78, 5) is 12.8. The minimum absolute atomic E-state index is 0.0819. The third-order valence-corrected chi connectivity index (χ3v) is 8.02. The molecule has 0 unspecified atom stereocenters. The number of hydrogen-bond acceptors (Lipinski definition) is 6. The lowest BCUT2D eigenvalue weighted by atomic mass is 9.74. The van der Waals surface area contributed by atoms with Crippen LogP contribution in [0, 0.1) is 0 Å². The summed E-state index contributed by atoms with van der Waals surface area (Å²) in [5, 5.41) is 3.37. The van der Waals surface area contributed by atoms with Crippen molar-refractivity contribution in [1.82, 2.24) is 9.62 Å². The second-order valence-corrected chi connectivity index (χ2v) is 10.4. The van der Waals surface area contributed by atoms with Crippen LogP contribution >= 0.6 is 11.6 Å². The summed E-state index contributed by atoms with van der Waals surface area (Å²) < 4.78 is 43.0. The fourth-order valence-corrected chi connectivity index (χ4v) is 5.21. The molecule has 2 heterocycles. The molecule has 0 saturated carbocycles. The number of fused-ring (bicyclic) bond motifs is 1. The number of hydrogen-bond donors (Lipinski definition) is 1. The molecule has 0 radical (unpaired) electrons. The summed E-state index contributed by atoms with van der Waals surface area (Å²) in [6.45, 7) is 1.42. The molecule has 0 aliphatic carbocycles. The minimum Gasteiger partial charge on any atom is -0.454 e. The maximum atomic E-state index is 12.7. The van der Waals surface area contributed by atoms with Crippen LogP contribution in [0.25, 0.3) is 0 Å². The van der Waals surface area contributed by atoms with Crippen molar-refractivity contribution in [2.75, 3.05) is 40.1 Å². The van der Waals surface area contributed by atoms with E-state index in [1.807, 2.05) is 18.2 Å². The Labute approximate surface area is 192 Å². The molecule has 8 nitrogen and oxygen atoms in total. The maximum absolute atomic E-state index is 12.7. The van der Waals surface area contributed by atoms with Crippen LogP contribution in [-0.4, -0.2) is 58.8 Å². The third kappa shape index (κ3) is 4.71. The van der Waals surface area contributed by atoms with E-state index in [1.54, 1.807) is 0 Å². The van der Waals surface area contributed by atoms with Crippen molar-refractivity contribution >= 4 is 27.5 Å². The van der Waals surface area contributed by atoms with Gasteiger partial charge in [-0.25, -0.2) is 8.42 Å². The van der Waals surface area contributed by atoms with E-state index >= 15 is 0 Å². The first-order valence-corrected chi connectivity index (χ1v) is 12.1. The van der Waals surface area contributed by atoms with E-state index in [4.69, 9.17) is 25.8 Å². The number of amides is 1. The standard InChI is InChI=1S/C22H25ClN2O6S/c1-25(32(27,28)18-5-3-17(23)4-6-18)13-21(26)24-14-22(8-10-29-11-9-22)16-2-7-19-20(12-16)31-15-30-19/h2-7,12H,8-11,13-15H2,1H3,(H,24,26). The first-order valence-electron chi connectivity index (χ1n) is 10.3. The molecule has 32 heavy (non-hydrogen) atoms. The van der Waals surface area contributed by atoms with E-state index in [0.717, 1.165) is 22.7 Å². The van der Waals surface area contributed by atoms with Gasteiger partial charge in [0, 0.05) is 37.2 Å². The zero-order valence-corrected chi connectivity index (χ0v) is 19.2. The van der Waals surface area contributed by atoms with Crippen molar-refractivity contribution in [3.8, 4) is 11.5 Å². The van der Waals surface area contributed by atoms with Crippen LogP contribution in [0.1, 0.15) is 18.4 Å². The normalized spacial score (nSPS) is 17.3.